The van der Waals surface area contributed by atoms with Crippen LogP contribution in [0.2, 0.25) is 0 Å². The summed E-state index contributed by atoms with van der Waals surface area (Å²) < 4.78 is 5.06. The van der Waals surface area contributed by atoms with E-state index in [1.807, 2.05) is 13.8 Å². The van der Waals surface area contributed by atoms with Gasteiger partial charge in [-0.25, -0.2) is 0 Å². The van der Waals surface area contributed by atoms with E-state index in [0.29, 0.717) is 23.4 Å². The molecule has 0 spiro atoms. The second-order valence-electron chi connectivity index (χ2n) is 4.50. The molecule has 0 bridgehead atoms. The molecule has 0 saturated carbocycles. The Hall–Kier alpha value is -1.16. The van der Waals surface area contributed by atoms with Crippen LogP contribution in [0.15, 0.2) is 4.52 Å². The Labute approximate surface area is 81.9 Å². The van der Waals surface area contributed by atoms with Gasteiger partial charge in [-0.1, -0.05) is 19.0 Å². The molecule has 1 atom stereocenters. The van der Waals surface area contributed by atoms with E-state index in [1.165, 1.54) is 0 Å². The van der Waals surface area contributed by atoms with Crippen LogP contribution in [0.5, 0.6) is 0 Å². The van der Waals surface area contributed by atoms with E-state index in [4.69, 9.17) is 4.52 Å². The van der Waals surface area contributed by atoms with Crippen LogP contribution in [-0.4, -0.2) is 22.2 Å². The van der Waals surface area contributed by atoms with Crippen molar-refractivity contribution in [2.75, 3.05) is 0 Å². The lowest BCUT2D eigenvalue weighted by Crippen LogP contribution is -2.42. The monoisotopic (exact) mass is 195 g/mol. The minimum Gasteiger partial charge on any atom is -0.384 e. The number of nitrogens with zero attached hydrogens (tertiary/aromatic N) is 1. The number of fused-ring (bicyclic) bond motifs is 1. The fraction of sp³-hybridized carbons (Fsp3) is 0.600. The first kappa shape index (κ1) is 9.40. The van der Waals surface area contributed by atoms with Crippen LogP contribution in [0.25, 0.3) is 0 Å². The summed E-state index contributed by atoms with van der Waals surface area (Å²) in [6, 6.07) is 0. The van der Waals surface area contributed by atoms with Gasteiger partial charge in [-0.3, -0.25) is 4.79 Å². The van der Waals surface area contributed by atoms with Crippen molar-refractivity contribution in [1.82, 2.24) is 5.16 Å². The Bertz CT molecular complexity index is 392. The predicted molar refractivity (Wildman–Crippen MR) is 49.1 cm³/mol. The maximum Gasteiger partial charge on any atom is 0.197 e. The molecule has 1 N–H and O–H groups in total. The van der Waals surface area contributed by atoms with E-state index in [1.54, 1.807) is 6.92 Å². The van der Waals surface area contributed by atoms with Gasteiger partial charge in [0.1, 0.15) is 11.9 Å². The van der Waals surface area contributed by atoms with Crippen molar-refractivity contribution in [3.63, 3.8) is 0 Å². The molecule has 4 nitrogen and oxygen atoms in total. The van der Waals surface area contributed by atoms with Crippen LogP contribution in [0, 0.1) is 12.3 Å². The summed E-state index contributed by atoms with van der Waals surface area (Å²) >= 11 is 0. The molecular weight excluding hydrogens is 182 g/mol. The molecule has 0 fully saturated rings. The summed E-state index contributed by atoms with van der Waals surface area (Å²) in [4.78, 5) is 11.8. The van der Waals surface area contributed by atoms with E-state index in [-0.39, 0.29) is 5.78 Å². The lowest BCUT2D eigenvalue weighted by molar-refractivity contribution is 0.0307. The van der Waals surface area contributed by atoms with Gasteiger partial charge in [0.25, 0.3) is 0 Å². The number of aliphatic hydroxyl groups excluding tert-OH is 1. The molecule has 1 aliphatic carbocycles. The highest BCUT2D eigenvalue weighted by Gasteiger charge is 2.43. The average Bonchev–Trinajstić information content (AvgIpc) is 2.43. The normalized spacial score (nSPS) is 24.9. The van der Waals surface area contributed by atoms with E-state index in [2.05, 4.69) is 5.16 Å². The second-order valence-corrected chi connectivity index (χ2v) is 4.50. The summed E-state index contributed by atoms with van der Waals surface area (Å²) in [6.07, 6.45) is -0.399. The van der Waals surface area contributed by atoms with Crippen LogP contribution in [0.1, 0.15) is 35.7 Å². The molecule has 1 aromatic rings. The Morgan fingerprint density at radius 3 is 2.86 bits per heavy atom. The van der Waals surface area contributed by atoms with Crippen LogP contribution in [0.4, 0.5) is 0 Å². The Kier molecular flexibility index (Phi) is 1.79. The molecule has 14 heavy (non-hydrogen) atoms. The van der Waals surface area contributed by atoms with E-state index in [0.717, 1.165) is 0 Å². The fourth-order valence-corrected chi connectivity index (χ4v) is 1.86. The third-order valence-corrected chi connectivity index (χ3v) is 2.78. The second kappa shape index (κ2) is 2.67. The minimum absolute atomic E-state index is 0.269. The molecule has 1 aliphatic rings. The first-order valence-corrected chi connectivity index (χ1v) is 4.61. The number of hydrogen-bond acceptors (Lipinski definition) is 4. The summed E-state index contributed by atoms with van der Waals surface area (Å²) in [5.41, 5.74) is 0.576. The molecule has 0 amide bonds. The van der Waals surface area contributed by atoms with Gasteiger partial charge in [-0.2, -0.15) is 0 Å². The molecule has 0 aliphatic heterocycles. The molecule has 0 radical (unpaired) electrons. The van der Waals surface area contributed by atoms with Crippen molar-refractivity contribution in [3.05, 3.63) is 17.0 Å². The Balaban J connectivity index is 2.56. The smallest absolute Gasteiger partial charge is 0.197 e. The standard InChI is InChI=1S/C10H13NO3/c1-5-7-6(14-11-5)4-10(2,3)9(13)8(7)12/h9,13H,4H2,1-3H3. The van der Waals surface area contributed by atoms with Gasteiger partial charge >= 0.3 is 0 Å². The Morgan fingerprint density at radius 2 is 2.21 bits per heavy atom. The van der Waals surface area contributed by atoms with E-state index >= 15 is 0 Å². The van der Waals surface area contributed by atoms with Gasteiger partial charge in [0.05, 0.1) is 11.3 Å². The maximum absolute atomic E-state index is 11.8. The topological polar surface area (TPSA) is 63.3 Å². The highest BCUT2D eigenvalue weighted by molar-refractivity contribution is 6.02. The number of aryl methyl sites for hydroxylation is 1. The van der Waals surface area contributed by atoms with Crippen molar-refractivity contribution in [2.45, 2.75) is 33.3 Å². The highest BCUT2D eigenvalue weighted by Crippen LogP contribution is 2.36. The van der Waals surface area contributed by atoms with Gasteiger partial charge in [0, 0.05) is 11.8 Å². The van der Waals surface area contributed by atoms with Crippen LogP contribution in [-0.2, 0) is 6.42 Å². The summed E-state index contributed by atoms with van der Waals surface area (Å²) in [7, 11) is 0. The zero-order chi connectivity index (χ0) is 10.5. The first-order chi connectivity index (χ1) is 6.43. The summed E-state index contributed by atoms with van der Waals surface area (Å²) in [5.74, 6) is 0.331. The number of hydrogen-bond donors (Lipinski definition) is 1. The van der Waals surface area contributed by atoms with Crippen molar-refractivity contribution in [2.24, 2.45) is 5.41 Å². The molecule has 1 aromatic heterocycles. The molecule has 0 aromatic carbocycles. The number of aromatic nitrogens is 1. The molecule has 1 unspecified atom stereocenters. The number of carbonyl (C=O) groups excluding carboxylic acids is 1. The summed E-state index contributed by atoms with van der Waals surface area (Å²) in [5, 5.41) is 13.5. The van der Waals surface area contributed by atoms with Crippen molar-refractivity contribution >= 4 is 5.78 Å². The van der Waals surface area contributed by atoms with Crippen LogP contribution >= 0.6 is 0 Å². The van der Waals surface area contributed by atoms with Crippen molar-refractivity contribution in [3.8, 4) is 0 Å². The molecule has 2 rings (SSSR count). The van der Waals surface area contributed by atoms with Gasteiger partial charge in [-0.15, -0.1) is 0 Å². The number of carbonyl (C=O) groups is 1. The predicted octanol–water partition coefficient (Wildman–Crippen LogP) is 1.11. The lowest BCUT2D eigenvalue weighted by atomic mass is 9.73. The third kappa shape index (κ3) is 1.10. The van der Waals surface area contributed by atoms with E-state index < -0.39 is 11.5 Å². The number of aliphatic hydroxyl groups is 1. The van der Waals surface area contributed by atoms with Crippen molar-refractivity contribution < 1.29 is 14.4 Å². The zero-order valence-electron chi connectivity index (χ0n) is 8.50. The van der Waals surface area contributed by atoms with E-state index in [9.17, 15) is 9.90 Å². The number of ketones is 1. The minimum atomic E-state index is -0.951. The quantitative estimate of drug-likeness (QED) is 0.673. The highest BCUT2D eigenvalue weighted by atomic mass is 16.5. The average molecular weight is 195 g/mol. The van der Waals surface area contributed by atoms with Gasteiger partial charge in [0.15, 0.2) is 5.78 Å². The molecular formula is C10H13NO3. The summed E-state index contributed by atoms with van der Waals surface area (Å²) in [6.45, 7) is 5.40. The fourth-order valence-electron chi connectivity index (χ4n) is 1.86. The maximum atomic E-state index is 11.8. The molecule has 0 saturated heterocycles. The number of rotatable bonds is 0. The third-order valence-electron chi connectivity index (χ3n) is 2.78. The molecule has 1 heterocycles. The van der Waals surface area contributed by atoms with Gasteiger partial charge < -0.3 is 9.63 Å². The Morgan fingerprint density at radius 1 is 1.57 bits per heavy atom. The molecule has 76 valence electrons. The first-order valence-electron chi connectivity index (χ1n) is 4.61. The largest absolute Gasteiger partial charge is 0.384 e. The van der Waals surface area contributed by atoms with Crippen molar-refractivity contribution in [1.29, 1.82) is 0 Å². The lowest BCUT2D eigenvalue weighted by Gasteiger charge is -2.32. The SMILES string of the molecule is Cc1noc2c1C(=O)C(O)C(C)(C)C2. The van der Waals surface area contributed by atoms with Gasteiger partial charge in [-0.05, 0) is 6.92 Å². The van der Waals surface area contributed by atoms with Crippen LogP contribution < -0.4 is 0 Å². The van der Waals surface area contributed by atoms with Crippen LogP contribution in [0.3, 0.4) is 0 Å². The molecule has 4 heteroatoms. The number of Topliss-reactive ketones (excluding diaryl/α,β-unsaturated/α-hetero) is 1. The van der Waals surface area contributed by atoms with Gasteiger partial charge in [0.2, 0.25) is 0 Å². The zero-order valence-corrected chi connectivity index (χ0v) is 8.50.